The average Bonchev–Trinajstić information content (AvgIpc) is 2.82. The second-order valence-electron chi connectivity index (χ2n) is 8.87. The summed E-state index contributed by atoms with van der Waals surface area (Å²) in [7, 11) is 1.72. The van der Waals surface area contributed by atoms with Gasteiger partial charge in [-0.3, -0.25) is 9.69 Å². The summed E-state index contributed by atoms with van der Waals surface area (Å²) in [5.41, 5.74) is 1.10. The molecule has 0 radical (unpaired) electrons. The van der Waals surface area contributed by atoms with Crippen molar-refractivity contribution in [2.45, 2.75) is 50.8 Å². The number of fused-ring (bicyclic) bond motifs is 3. The Morgan fingerprint density at radius 3 is 2.73 bits per heavy atom. The van der Waals surface area contributed by atoms with Gasteiger partial charge in [-0.2, -0.15) is 0 Å². The lowest BCUT2D eigenvalue weighted by molar-refractivity contribution is -0.0156. The van der Waals surface area contributed by atoms with Crippen molar-refractivity contribution in [2.75, 3.05) is 33.4 Å². The van der Waals surface area contributed by atoms with Gasteiger partial charge in [-0.05, 0) is 56.5 Å². The topological polar surface area (TPSA) is 42.0 Å². The van der Waals surface area contributed by atoms with Crippen molar-refractivity contribution < 1.29 is 23.0 Å². The van der Waals surface area contributed by atoms with Crippen LogP contribution >= 0.6 is 0 Å². The van der Waals surface area contributed by atoms with Gasteiger partial charge in [0.2, 0.25) is 0 Å². The van der Waals surface area contributed by atoms with Crippen molar-refractivity contribution in [2.24, 2.45) is 0 Å². The van der Waals surface area contributed by atoms with Crippen molar-refractivity contribution in [3.8, 4) is 5.75 Å². The van der Waals surface area contributed by atoms with Crippen LogP contribution in [-0.2, 0) is 11.3 Å². The van der Waals surface area contributed by atoms with Crippen LogP contribution < -0.4 is 4.74 Å². The average molecular weight is 459 g/mol. The molecule has 2 bridgehead atoms. The first-order chi connectivity index (χ1) is 16.0. The van der Waals surface area contributed by atoms with E-state index >= 15 is 0 Å². The molecule has 1 amide bonds. The van der Waals surface area contributed by atoms with Gasteiger partial charge < -0.3 is 14.4 Å². The van der Waals surface area contributed by atoms with Crippen molar-refractivity contribution in [1.82, 2.24) is 9.80 Å². The fourth-order valence-electron chi connectivity index (χ4n) is 4.92. The first-order valence-electron chi connectivity index (χ1n) is 11.8. The molecule has 0 unspecified atom stereocenters. The fraction of sp³-hybridized carbons (Fsp3) is 0.500. The van der Waals surface area contributed by atoms with Gasteiger partial charge in [0.15, 0.2) is 0 Å². The van der Waals surface area contributed by atoms with E-state index in [4.69, 9.17) is 9.47 Å². The molecule has 0 aliphatic carbocycles. The first-order valence-corrected chi connectivity index (χ1v) is 11.8. The minimum Gasteiger partial charge on any atom is -0.492 e. The quantitative estimate of drug-likeness (QED) is 0.672. The molecule has 0 saturated carbocycles. The minimum atomic E-state index is -0.570. The lowest BCUT2D eigenvalue weighted by atomic mass is 9.93. The lowest BCUT2D eigenvalue weighted by Crippen LogP contribution is -2.51. The number of amides is 1. The van der Waals surface area contributed by atoms with Gasteiger partial charge in [-0.15, -0.1) is 0 Å². The van der Waals surface area contributed by atoms with Gasteiger partial charge in [0, 0.05) is 43.9 Å². The fourth-order valence-corrected chi connectivity index (χ4v) is 4.92. The van der Waals surface area contributed by atoms with Crippen LogP contribution in [0, 0.1) is 11.6 Å². The third kappa shape index (κ3) is 5.89. The number of carbonyl (C=O) groups excluding carboxylic acids is 1. The number of benzene rings is 2. The number of hydrogen-bond donors (Lipinski definition) is 0. The Bertz CT molecular complexity index is 955. The monoisotopic (exact) mass is 458 g/mol. The zero-order valence-electron chi connectivity index (χ0n) is 19.1. The van der Waals surface area contributed by atoms with E-state index in [1.165, 1.54) is 12.1 Å². The molecule has 33 heavy (non-hydrogen) atoms. The summed E-state index contributed by atoms with van der Waals surface area (Å²) < 4.78 is 39.3. The molecule has 1 fully saturated rings. The number of piperidine rings is 1. The van der Waals surface area contributed by atoms with E-state index in [1.807, 2.05) is 23.1 Å². The Labute approximate surface area is 194 Å². The zero-order chi connectivity index (χ0) is 23.2. The Morgan fingerprint density at radius 1 is 1.03 bits per heavy atom. The highest BCUT2D eigenvalue weighted by molar-refractivity contribution is 5.95. The highest BCUT2D eigenvalue weighted by Gasteiger charge is 2.34. The molecular formula is C26H32F2N2O3. The number of nitrogens with zero attached hydrogens (tertiary/aromatic N) is 2. The largest absolute Gasteiger partial charge is 0.492 e. The molecular weight excluding hydrogens is 426 g/mol. The second-order valence-corrected chi connectivity index (χ2v) is 8.87. The molecule has 4 rings (SSSR count). The van der Waals surface area contributed by atoms with Crippen molar-refractivity contribution in [1.29, 1.82) is 0 Å². The molecule has 2 heterocycles. The Kier molecular flexibility index (Phi) is 7.93. The van der Waals surface area contributed by atoms with E-state index in [9.17, 15) is 13.6 Å². The van der Waals surface area contributed by atoms with Gasteiger partial charge in [0.1, 0.15) is 24.0 Å². The molecule has 0 N–H and O–H groups in total. The Morgan fingerprint density at radius 2 is 1.91 bits per heavy atom. The molecule has 1 saturated heterocycles. The van der Waals surface area contributed by atoms with E-state index in [2.05, 4.69) is 4.90 Å². The maximum Gasteiger partial charge on any atom is 0.254 e. The third-order valence-electron chi connectivity index (χ3n) is 6.67. The molecule has 178 valence electrons. The lowest BCUT2D eigenvalue weighted by Gasteiger charge is -2.41. The number of rotatable bonds is 3. The normalized spacial score (nSPS) is 22.9. The highest BCUT2D eigenvalue weighted by atomic mass is 19.1. The van der Waals surface area contributed by atoms with Crippen molar-refractivity contribution >= 4 is 5.91 Å². The SMILES string of the molecule is CO[C@H]1CCCN2C(=O)c3cccc(c3)OCCN(Cc3ccc(F)cc3F)CCCC[C@@H]12. The predicted molar refractivity (Wildman–Crippen MR) is 122 cm³/mol. The van der Waals surface area contributed by atoms with E-state index in [0.717, 1.165) is 51.3 Å². The van der Waals surface area contributed by atoms with Gasteiger partial charge in [-0.1, -0.05) is 18.6 Å². The van der Waals surface area contributed by atoms with Crippen LogP contribution in [0.1, 0.15) is 48.0 Å². The maximum absolute atomic E-state index is 14.2. The first kappa shape index (κ1) is 23.6. The molecule has 5 nitrogen and oxygen atoms in total. The predicted octanol–water partition coefficient (Wildman–Crippen LogP) is 4.65. The Hall–Kier alpha value is -2.51. The van der Waals surface area contributed by atoms with Crippen LogP contribution in [0.4, 0.5) is 8.78 Å². The standard InChI is InChI=1S/C26H32F2N2O3/c1-32-25-9-5-13-30-24(25)8-2-3-12-29(18-20-10-11-21(27)17-23(20)28)14-15-33-22-7-4-6-19(16-22)26(30)31/h4,6-7,10-11,16-17,24-25H,2-3,5,8-9,12-15,18H2,1H3/t24-,25-/m0/s1. The molecule has 2 atom stereocenters. The van der Waals surface area contributed by atoms with Crippen LogP contribution in [0.3, 0.4) is 0 Å². The molecule has 2 aromatic carbocycles. The molecule has 7 heteroatoms. The van der Waals surface area contributed by atoms with E-state index in [0.29, 0.717) is 36.6 Å². The van der Waals surface area contributed by atoms with Crippen LogP contribution in [0.2, 0.25) is 0 Å². The number of ether oxygens (including phenoxy) is 2. The van der Waals surface area contributed by atoms with E-state index in [-0.39, 0.29) is 18.1 Å². The van der Waals surface area contributed by atoms with E-state index < -0.39 is 11.6 Å². The second kappa shape index (κ2) is 11.1. The van der Waals surface area contributed by atoms with Crippen LogP contribution in [0.5, 0.6) is 5.75 Å². The zero-order valence-corrected chi connectivity index (χ0v) is 19.1. The van der Waals surface area contributed by atoms with Gasteiger partial charge in [0.05, 0.1) is 12.1 Å². The van der Waals surface area contributed by atoms with Crippen LogP contribution in [-0.4, -0.2) is 61.2 Å². The minimum absolute atomic E-state index is 0.0256. The summed E-state index contributed by atoms with van der Waals surface area (Å²) in [6.07, 6.45) is 4.59. The van der Waals surface area contributed by atoms with Crippen LogP contribution in [0.25, 0.3) is 0 Å². The molecule has 0 spiro atoms. The van der Waals surface area contributed by atoms with Gasteiger partial charge in [-0.25, -0.2) is 8.78 Å². The summed E-state index contributed by atoms with van der Waals surface area (Å²) >= 11 is 0. The summed E-state index contributed by atoms with van der Waals surface area (Å²) in [6, 6.07) is 11.1. The Balaban J connectivity index is 1.54. The maximum atomic E-state index is 14.2. The summed E-state index contributed by atoms with van der Waals surface area (Å²) in [5, 5.41) is 0. The van der Waals surface area contributed by atoms with Crippen molar-refractivity contribution in [3.63, 3.8) is 0 Å². The van der Waals surface area contributed by atoms with E-state index in [1.54, 1.807) is 13.2 Å². The van der Waals surface area contributed by atoms with Crippen molar-refractivity contribution in [3.05, 3.63) is 65.2 Å². The third-order valence-corrected chi connectivity index (χ3v) is 6.67. The summed E-state index contributed by atoms with van der Waals surface area (Å²) in [5.74, 6) is -0.428. The van der Waals surface area contributed by atoms with Gasteiger partial charge in [0.25, 0.3) is 5.91 Å². The molecule has 2 aliphatic heterocycles. The van der Waals surface area contributed by atoms with Gasteiger partial charge >= 0.3 is 0 Å². The number of halogens is 2. The summed E-state index contributed by atoms with van der Waals surface area (Å²) in [6.45, 7) is 2.90. The van der Waals surface area contributed by atoms with Crippen LogP contribution in [0.15, 0.2) is 42.5 Å². The molecule has 0 aromatic heterocycles. The number of methoxy groups -OCH3 is 1. The number of hydrogen-bond acceptors (Lipinski definition) is 4. The highest BCUT2D eigenvalue weighted by Crippen LogP contribution is 2.27. The smallest absolute Gasteiger partial charge is 0.254 e. The summed E-state index contributed by atoms with van der Waals surface area (Å²) in [4.78, 5) is 17.4. The molecule has 2 aromatic rings. The molecule has 2 aliphatic rings. The number of carbonyl (C=O) groups is 1.